The second kappa shape index (κ2) is 6.70. The van der Waals surface area contributed by atoms with Crippen LogP contribution in [0, 0.1) is 5.82 Å². The predicted molar refractivity (Wildman–Crippen MR) is 79.0 cm³/mol. The van der Waals surface area contributed by atoms with Gasteiger partial charge in [-0.1, -0.05) is 26.8 Å². The first-order valence-electron chi connectivity index (χ1n) is 6.41. The molecule has 0 unspecified atom stereocenters. The summed E-state index contributed by atoms with van der Waals surface area (Å²) in [5.74, 6) is -1.52. The fourth-order valence-corrected chi connectivity index (χ4v) is 6.74. The van der Waals surface area contributed by atoms with E-state index in [-0.39, 0.29) is 5.69 Å². The Morgan fingerprint density at radius 3 is 2.26 bits per heavy atom. The molecule has 0 aliphatic carbocycles. The number of hydrogen-bond donors (Lipinski definition) is 0. The molecular formula is C13H18BrF2NOSi-. The number of rotatable bonds is 6. The maximum atomic E-state index is 14.5. The van der Waals surface area contributed by atoms with Crippen molar-refractivity contribution < 1.29 is 13.6 Å². The average Bonchev–Trinajstić information content (AvgIpc) is 2.43. The molecule has 0 N–H and O–H groups in total. The topological polar surface area (TPSA) is 30.0 Å². The molecule has 2 nitrogen and oxygen atoms in total. The van der Waals surface area contributed by atoms with Crippen molar-refractivity contribution in [1.82, 2.24) is 4.98 Å². The van der Waals surface area contributed by atoms with Gasteiger partial charge in [-0.15, -0.1) is 13.3 Å². The van der Waals surface area contributed by atoms with Crippen LogP contribution >= 0.6 is 15.9 Å². The molecule has 1 heterocycles. The van der Waals surface area contributed by atoms with Crippen LogP contribution in [0.2, 0.25) is 18.1 Å². The van der Waals surface area contributed by atoms with Gasteiger partial charge < -0.3 is 0 Å². The third-order valence-corrected chi connectivity index (χ3v) is 9.89. The molecule has 0 aliphatic rings. The monoisotopic (exact) mass is 349 g/mol. The van der Waals surface area contributed by atoms with Gasteiger partial charge in [0.15, 0.2) is 6.67 Å². The normalized spacial score (nSPS) is 11.7. The lowest BCUT2D eigenvalue weighted by Gasteiger charge is -2.41. The van der Waals surface area contributed by atoms with E-state index < -0.39 is 26.3 Å². The highest BCUT2D eigenvalue weighted by Gasteiger charge is 2.24. The van der Waals surface area contributed by atoms with Gasteiger partial charge in [0.25, 0.3) is 0 Å². The zero-order valence-corrected chi connectivity index (χ0v) is 14.0. The van der Waals surface area contributed by atoms with Gasteiger partial charge in [0.05, 0.1) is 0 Å². The lowest BCUT2D eigenvalue weighted by Crippen LogP contribution is -2.48. The average molecular weight is 350 g/mol. The molecule has 6 heteroatoms. The Morgan fingerprint density at radius 2 is 1.84 bits per heavy atom. The number of aromatic nitrogens is 1. The molecular weight excluding hydrogens is 332 g/mol. The number of halogens is 3. The first-order chi connectivity index (χ1) is 8.95. The maximum absolute atomic E-state index is 14.5. The van der Waals surface area contributed by atoms with E-state index in [1.807, 2.05) is 20.8 Å². The van der Waals surface area contributed by atoms with Crippen LogP contribution in [0.4, 0.5) is 8.78 Å². The Bertz CT molecular complexity index is 470. The van der Waals surface area contributed by atoms with Gasteiger partial charge in [0, 0.05) is 0 Å². The van der Waals surface area contributed by atoms with Crippen molar-refractivity contribution in [3.63, 3.8) is 0 Å². The van der Waals surface area contributed by atoms with Crippen molar-refractivity contribution in [2.24, 2.45) is 0 Å². The van der Waals surface area contributed by atoms with Crippen LogP contribution in [0.5, 0.6) is 0 Å². The van der Waals surface area contributed by atoms with Crippen molar-refractivity contribution in [3.8, 4) is 0 Å². The fraction of sp³-hybridized carbons (Fsp3) is 0.538. The quantitative estimate of drug-likeness (QED) is 0.443. The van der Waals surface area contributed by atoms with E-state index in [1.54, 1.807) is 6.07 Å². The SMILES string of the molecule is CC[Si-](CC)(CC)c1cc(Br)nc(C(=O)CF)c1F. The zero-order valence-electron chi connectivity index (χ0n) is 11.4. The van der Waals surface area contributed by atoms with Crippen molar-refractivity contribution in [2.45, 2.75) is 38.9 Å². The molecule has 0 radical (unpaired) electrons. The number of pyridine rings is 1. The largest absolute Gasteiger partial charge is 0.289 e. The number of carbonyl (C=O) groups is 1. The Hall–Kier alpha value is -0.623. The summed E-state index contributed by atoms with van der Waals surface area (Å²) in [6.45, 7) is 4.91. The van der Waals surface area contributed by atoms with E-state index in [9.17, 15) is 13.6 Å². The molecule has 0 spiro atoms. The molecule has 0 aliphatic heterocycles. The minimum Gasteiger partial charge on any atom is -0.289 e. The van der Waals surface area contributed by atoms with E-state index in [0.29, 0.717) is 9.79 Å². The highest BCUT2D eigenvalue weighted by atomic mass is 79.9. The number of ketones is 1. The highest BCUT2D eigenvalue weighted by molar-refractivity contribution is 9.10. The molecule has 0 saturated carbocycles. The summed E-state index contributed by atoms with van der Waals surface area (Å²) in [6, 6.07) is 4.32. The van der Waals surface area contributed by atoms with E-state index in [0.717, 1.165) is 18.1 Å². The Balaban J connectivity index is 3.51. The summed E-state index contributed by atoms with van der Waals surface area (Å²) < 4.78 is 27.4. The molecule has 19 heavy (non-hydrogen) atoms. The number of hydrogen-bond acceptors (Lipinski definition) is 2. The van der Waals surface area contributed by atoms with Crippen LogP contribution in [0.3, 0.4) is 0 Å². The van der Waals surface area contributed by atoms with Gasteiger partial charge in [-0.05, 0) is 15.9 Å². The van der Waals surface area contributed by atoms with E-state index in [4.69, 9.17) is 0 Å². The summed E-state index contributed by atoms with van der Waals surface area (Å²) >= 11 is 3.19. The fourth-order valence-electron chi connectivity index (χ4n) is 2.45. The number of nitrogens with zero attached hydrogens (tertiary/aromatic N) is 1. The third-order valence-electron chi connectivity index (χ3n) is 3.91. The second-order valence-electron chi connectivity index (χ2n) is 4.55. The molecule has 1 rings (SSSR count). The number of alkyl halides is 1. The Kier molecular flexibility index (Phi) is 5.79. The van der Waals surface area contributed by atoms with Crippen molar-refractivity contribution >= 4 is 35.0 Å². The Morgan fingerprint density at radius 1 is 1.32 bits per heavy atom. The van der Waals surface area contributed by atoms with Crippen LogP contribution in [-0.4, -0.2) is 25.5 Å². The van der Waals surface area contributed by atoms with Crippen LogP contribution in [-0.2, 0) is 0 Å². The molecule has 0 atom stereocenters. The summed E-state index contributed by atoms with van der Waals surface area (Å²) in [6.07, 6.45) is 0. The van der Waals surface area contributed by atoms with Gasteiger partial charge in [0.1, 0.15) is 16.1 Å². The smallest absolute Gasteiger partial charge is 0.215 e. The van der Waals surface area contributed by atoms with Crippen LogP contribution < -0.4 is 5.19 Å². The van der Waals surface area contributed by atoms with Gasteiger partial charge in [-0.3, -0.25) is 4.79 Å². The molecule has 1 aromatic rings. The zero-order chi connectivity index (χ0) is 14.6. The number of carbonyl (C=O) groups excluding carboxylic acids is 1. The molecule has 0 bridgehead atoms. The van der Waals surface area contributed by atoms with Gasteiger partial charge >= 0.3 is 0 Å². The molecule has 0 saturated heterocycles. The lowest BCUT2D eigenvalue weighted by molar-refractivity contribution is 0.0949. The second-order valence-corrected chi connectivity index (χ2v) is 10.6. The predicted octanol–water partition coefficient (Wildman–Crippen LogP) is 3.85. The maximum Gasteiger partial charge on any atom is 0.215 e. The summed E-state index contributed by atoms with van der Waals surface area (Å²) in [5, 5.41) is 0.582. The summed E-state index contributed by atoms with van der Waals surface area (Å²) in [4.78, 5) is 15.2. The van der Waals surface area contributed by atoms with Crippen LogP contribution in [0.15, 0.2) is 10.7 Å². The van der Waals surface area contributed by atoms with Crippen molar-refractivity contribution in [1.29, 1.82) is 0 Å². The van der Waals surface area contributed by atoms with Crippen molar-refractivity contribution in [3.05, 3.63) is 22.2 Å². The highest BCUT2D eigenvalue weighted by Crippen LogP contribution is 2.24. The molecule has 0 aromatic carbocycles. The standard InChI is InChI=1S/C13H18BrF2NOSi/c1-4-19(5-2,6-3)10-7-11(14)17-13(12(10)16)9(18)8-15/h7H,4-6,8H2,1-3H3/q-1. The number of Topliss-reactive ketones (excluding diaryl/α,β-unsaturated/α-hetero) is 1. The van der Waals surface area contributed by atoms with Crippen LogP contribution in [0.1, 0.15) is 31.3 Å². The first-order valence-corrected chi connectivity index (χ1v) is 9.82. The lowest BCUT2D eigenvalue weighted by atomic mass is 10.2. The van der Waals surface area contributed by atoms with E-state index >= 15 is 0 Å². The van der Waals surface area contributed by atoms with Gasteiger partial charge in [0.2, 0.25) is 5.78 Å². The van der Waals surface area contributed by atoms with E-state index in [2.05, 4.69) is 20.9 Å². The summed E-state index contributed by atoms with van der Waals surface area (Å²) in [7, 11) is -1.98. The van der Waals surface area contributed by atoms with Gasteiger partial charge in [-0.2, -0.15) is 18.1 Å². The molecule has 0 fully saturated rings. The first kappa shape index (κ1) is 16.4. The summed E-state index contributed by atoms with van der Waals surface area (Å²) in [5.41, 5.74) is -0.376. The minimum atomic E-state index is -1.98. The molecule has 1 aromatic heterocycles. The molecule has 107 valence electrons. The third kappa shape index (κ3) is 3.10. The Labute approximate surface area is 121 Å². The van der Waals surface area contributed by atoms with Crippen LogP contribution in [0.25, 0.3) is 0 Å². The van der Waals surface area contributed by atoms with Crippen molar-refractivity contribution in [2.75, 3.05) is 6.67 Å². The van der Waals surface area contributed by atoms with E-state index in [1.165, 1.54) is 0 Å². The minimum absolute atomic E-state index is 0.376. The van der Waals surface area contributed by atoms with Gasteiger partial charge in [-0.25, -0.2) is 13.8 Å². The molecule has 0 amide bonds.